The molecule has 10 heteroatoms. The van der Waals surface area contributed by atoms with Crippen LogP contribution in [-0.4, -0.2) is 23.4 Å². The minimum atomic E-state index is -5.04. The van der Waals surface area contributed by atoms with Crippen LogP contribution < -0.4 is 9.47 Å². The van der Waals surface area contributed by atoms with E-state index >= 15 is 0 Å². The molecule has 0 atom stereocenters. The first-order valence-corrected chi connectivity index (χ1v) is 4.96. The number of nitrogens with zero attached hydrogens (tertiary/aromatic N) is 2. The number of aromatic nitrogens is 1. The average molecular weight is 364 g/mol. The van der Waals surface area contributed by atoms with Crippen LogP contribution in [-0.2, 0) is 0 Å². The topological polar surface area (TPSA) is 74.5 Å². The van der Waals surface area contributed by atoms with Crippen LogP contribution in [0.1, 0.15) is 0 Å². The molecule has 0 saturated carbocycles. The Morgan fingerprint density at radius 1 is 1.53 bits per heavy atom. The van der Waals surface area contributed by atoms with Gasteiger partial charge in [0.25, 0.3) is 0 Å². The van der Waals surface area contributed by atoms with Gasteiger partial charge in [-0.3, -0.25) is 10.1 Å². The largest absolute Gasteiger partial charge is 0.573 e. The summed E-state index contributed by atoms with van der Waals surface area (Å²) in [6, 6.07) is 0. The van der Waals surface area contributed by atoms with E-state index in [4.69, 9.17) is 0 Å². The van der Waals surface area contributed by atoms with Crippen molar-refractivity contribution >= 4 is 28.3 Å². The van der Waals surface area contributed by atoms with Crippen molar-refractivity contribution in [1.29, 1.82) is 0 Å². The number of alkyl halides is 3. The van der Waals surface area contributed by atoms with Crippen molar-refractivity contribution in [3.8, 4) is 11.5 Å². The van der Waals surface area contributed by atoms with Gasteiger partial charge < -0.3 is 9.47 Å². The SMILES string of the molecule is COc1c(I)ncc(OC(F)(F)F)c1[N+](=O)[O-]. The fourth-order valence-electron chi connectivity index (χ4n) is 0.998. The molecule has 0 aliphatic carbocycles. The summed E-state index contributed by atoms with van der Waals surface area (Å²) in [6.45, 7) is 0. The molecule has 0 amide bonds. The van der Waals surface area contributed by atoms with E-state index in [1.54, 1.807) is 22.6 Å². The number of pyridine rings is 1. The van der Waals surface area contributed by atoms with Crippen LogP contribution in [0.5, 0.6) is 11.5 Å². The maximum atomic E-state index is 12.0. The standard InChI is InChI=1S/C7H4F3IN2O4/c1-16-5-4(13(14)15)3(2-12-6(5)11)17-7(8,9)10/h2H,1H3. The van der Waals surface area contributed by atoms with E-state index in [0.717, 1.165) is 7.11 Å². The maximum Gasteiger partial charge on any atom is 0.573 e. The van der Waals surface area contributed by atoms with Crippen LogP contribution in [0.2, 0.25) is 0 Å². The number of halogens is 4. The number of methoxy groups -OCH3 is 1. The third-order valence-electron chi connectivity index (χ3n) is 1.54. The Kier molecular flexibility index (Phi) is 3.95. The molecule has 1 aromatic heterocycles. The van der Waals surface area contributed by atoms with E-state index < -0.39 is 22.7 Å². The predicted octanol–water partition coefficient (Wildman–Crippen LogP) is 2.50. The van der Waals surface area contributed by atoms with Gasteiger partial charge in [-0.25, -0.2) is 4.98 Å². The summed E-state index contributed by atoms with van der Waals surface area (Å²) in [6.07, 6.45) is -4.42. The third kappa shape index (κ3) is 3.31. The third-order valence-corrected chi connectivity index (χ3v) is 2.31. The van der Waals surface area contributed by atoms with Gasteiger partial charge in [-0.05, 0) is 22.6 Å². The van der Waals surface area contributed by atoms with E-state index in [0.29, 0.717) is 6.20 Å². The Hall–Kier alpha value is -1.33. The van der Waals surface area contributed by atoms with Crippen LogP contribution in [0.4, 0.5) is 18.9 Å². The number of nitro groups is 1. The highest BCUT2D eigenvalue weighted by Crippen LogP contribution is 2.40. The first kappa shape index (κ1) is 13.7. The molecular weight excluding hydrogens is 360 g/mol. The lowest BCUT2D eigenvalue weighted by Crippen LogP contribution is -2.18. The monoisotopic (exact) mass is 364 g/mol. The van der Waals surface area contributed by atoms with Crippen LogP contribution in [0.15, 0.2) is 6.20 Å². The van der Waals surface area contributed by atoms with Gasteiger partial charge in [0.15, 0.2) is 3.70 Å². The van der Waals surface area contributed by atoms with Gasteiger partial charge in [-0.1, -0.05) is 0 Å². The molecule has 1 rings (SSSR count). The zero-order chi connectivity index (χ0) is 13.2. The summed E-state index contributed by atoms with van der Waals surface area (Å²) < 4.78 is 44.2. The van der Waals surface area contributed by atoms with Crippen molar-refractivity contribution in [3.63, 3.8) is 0 Å². The second kappa shape index (κ2) is 4.89. The van der Waals surface area contributed by atoms with Gasteiger partial charge in [0.1, 0.15) is 0 Å². The van der Waals surface area contributed by atoms with Gasteiger partial charge in [-0.2, -0.15) is 0 Å². The molecule has 0 unspecified atom stereocenters. The summed E-state index contributed by atoms with van der Waals surface area (Å²) in [5.74, 6) is -1.39. The molecule has 0 N–H and O–H groups in total. The van der Waals surface area contributed by atoms with Crippen molar-refractivity contribution in [2.45, 2.75) is 6.36 Å². The Bertz CT molecular complexity index is 451. The minimum Gasteiger partial charge on any atom is -0.488 e. The molecule has 0 bridgehead atoms. The molecule has 0 aliphatic rings. The van der Waals surface area contributed by atoms with Crippen molar-refractivity contribution < 1.29 is 27.6 Å². The fraction of sp³-hybridized carbons (Fsp3) is 0.286. The average Bonchev–Trinajstić information content (AvgIpc) is 2.17. The van der Waals surface area contributed by atoms with E-state index in [9.17, 15) is 23.3 Å². The highest BCUT2D eigenvalue weighted by molar-refractivity contribution is 14.1. The number of hydrogen-bond donors (Lipinski definition) is 0. The normalized spacial score (nSPS) is 11.1. The molecule has 17 heavy (non-hydrogen) atoms. The maximum absolute atomic E-state index is 12.0. The van der Waals surface area contributed by atoms with Crippen molar-refractivity contribution in [2.24, 2.45) is 0 Å². The molecule has 1 heterocycles. The summed E-state index contributed by atoms with van der Waals surface area (Å²) in [5.41, 5.74) is -0.913. The zero-order valence-corrected chi connectivity index (χ0v) is 10.3. The summed E-state index contributed by atoms with van der Waals surface area (Å²) in [5, 5.41) is 10.7. The van der Waals surface area contributed by atoms with Gasteiger partial charge in [0.05, 0.1) is 18.2 Å². The smallest absolute Gasteiger partial charge is 0.488 e. The lowest BCUT2D eigenvalue weighted by Gasteiger charge is -2.11. The van der Waals surface area contributed by atoms with E-state index in [-0.39, 0.29) is 9.45 Å². The second-order valence-electron chi connectivity index (χ2n) is 2.60. The molecular formula is C7H4F3IN2O4. The van der Waals surface area contributed by atoms with E-state index in [1.807, 2.05) is 0 Å². The fourth-order valence-corrected chi connectivity index (χ4v) is 1.61. The zero-order valence-electron chi connectivity index (χ0n) is 8.12. The minimum absolute atomic E-state index is 0.0614. The molecule has 0 saturated heterocycles. The highest BCUT2D eigenvalue weighted by Gasteiger charge is 2.37. The Balaban J connectivity index is 3.36. The van der Waals surface area contributed by atoms with Crippen LogP contribution in [0.3, 0.4) is 0 Å². The number of ether oxygens (including phenoxy) is 2. The molecule has 0 aliphatic heterocycles. The van der Waals surface area contributed by atoms with Crippen molar-refractivity contribution in [3.05, 3.63) is 20.0 Å². The van der Waals surface area contributed by atoms with Crippen LogP contribution in [0.25, 0.3) is 0 Å². The quantitative estimate of drug-likeness (QED) is 0.357. The first-order chi connectivity index (χ1) is 7.76. The number of hydrogen-bond acceptors (Lipinski definition) is 5. The van der Waals surface area contributed by atoms with Crippen molar-refractivity contribution in [1.82, 2.24) is 4.98 Å². The Morgan fingerprint density at radius 3 is 2.53 bits per heavy atom. The van der Waals surface area contributed by atoms with Crippen LogP contribution in [0, 0.1) is 13.8 Å². The highest BCUT2D eigenvalue weighted by atomic mass is 127. The van der Waals surface area contributed by atoms with Gasteiger partial charge in [-0.15, -0.1) is 13.2 Å². The van der Waals surface area contributed by atoms with Gasteiger partial charge in [0, 0.05) is 0 Å². The molecule has 0 aromatic carbocycles. The first-order valence-electron chi connectivity index (χ1n) is 3.89. The van der Waals surface area contributed by atoms with E-state index in [1.165, 1.54) is 0 Å². The molecule has 94 valence electrons. The molecule has 0 fully saturated rings. The second-order valence-corrected chi connectivity index (χ2v) is 3.62. The number of rotatable bonds is 3. The van der Waals surface area contributed by atoms with Gasteiger partial charge >= 0.3 is 12.0 Å². The Morgan fingerprint density at radius 2 is 2.12 bits per heavy atom. The Labute approximate surface area is 106 Å². The van der Waals surface area contributed by atoms with Gasteiger partial charge in [0.2, 0.25) is 11.5 Å². The summed E-state index contributed by atoms with van der Waals surface area (Å²) in [7, 11) is 1.09. The van der Waals surface area contributed by atoms with E-state index in [2.05, 4.69) is 14.5 Å². The van der Waals surface area contributed by atoms with Crippen molar-refractivity contribution in [2.75, 3.05) is 7.11 Å². The molecule has 1 aromatic rings. The lowest BCUT2D eigenvalue weighted by atomic mass is 10.3. The predicted molar refractivity (Wildman–Crippen MR) is 56.8 cm³/mol. The molecule has 0 spiro atoms. The molecule has 6 nitrogen and oxygen atoms in total. The van der Waals surface area contributed by atoms with Crippen LogP contribution >= 0.6 is 22.6 Å². The lowest BCUT2D eigenvalue weighted by molar-refractivity contribution is -0.389. The summed E-state index contributed by atoms with van der Waals surface area (Å²) in [4.78, 5) is 13.2. The summed E-state index contributed by atoms with van der Waals surface area (Å²) >= 11 is 1.60. The molecule has 0 radical (unpaired) electrons.